The smallest absolute Gasteiger partial charge is 0.310 e. The highest BCUT2D eigenvalue weighted by atomic mass is 35.5. The summed E-state index contributed by atoms with van der Waals surface area (Å²) in [5, 5.41) is 3.60. The van der Waals surface area contributed by atoms with Crippen molar-refractivity contribution in [3.8, 4) is 0 Å². The molecule has 2 aromatic rings. The molecule has 0 heterocycles. The summed E-state index contributed by atoms with van der Waals surface area (Å²) in [6, 6.07) is 12.5. The monoisotopic (exact) mass is 393 g/mol. The Morgan fingerprint density at radius 2 is 1.85 bits per heavy atom. The van der Waals surface area contributed by atoms with Crippen molar-refractivity contribution in [1.82, 2.24) is 0 Å². The van der Waals surface area contributed by atoms with Crippen LogP contribution in [0.4, 0.5) is 5.69 Å². The van der Waals surface area contributed by atoms with Crippen molar-refractivity contribution in [2.24, 2.45) is 0 Å². The quantitative estimate of drug-likeness (QED) is 0.654. The largest absolute Gasteiger partial charge is 0.455 e. The van der Waals surface area contributed by atoms with Crippen molar-refractivity contribution in [2.45, 2.75) is 32.6 Å². The lowest BCUT2D eigenvalue weighted by molar-refractivity contribution is -0.146. The number of benzene rings is 2. The van der Waals surface area contributed by atoms with Crippen LogP contribution in [-0.4, -0.2) is 18.5 Å². The number of nitrogens with one attached hydrogen (secondary N) is 1. The third-order valence-electron chi connectivity index (χ3n) is 4.07. The normalized spacial score (nSPS) is 11.7. The van der Waals surface area contributed by atoms with Crippen LogP contribution < -0.4 is 5.32 Å². The van der Waals surface area contributed by atoms with E-state index in [9.17, 15) is 9.59 Å². The topological polar surface area (TPSA) is 55.4 Å². The van der Waals surface area contributed by atoms with E-state index in [0.717, 1.165) is 17.7 Å². The molecule has 6 heteroatoms. The third-order valence-corrected chi connectivity index (χ3v) is 4.81. The van der Waals surface area contributed by atoms with Gasteiger partial charge < -0.3 is 10.1 Å². The fourth-order valence-corrected chi connectivity index (χ4v) is 2.78. The van der Waals surface area contributed by atoms with Gasteiger partial charge in [0.15, 0.2) is 6.61 Å². The molecule has 2 aromatic carbocycles. The molecule has 2 rings (SSSR count). The summed E-state index contributed by atoms with van der Waals surface area (Å²) in [4.78, 5) is 24.0. The summed E-state index contributed by atoms with van der Waals surface area (Å²) in [6.07, 6.45) is 0.985. The molecule has 0 aromatic heterocycles. The van der Waals surface area contributed by atoms with Gasteiger partial charge in [0.1, 0.15) is 0 Å². The Kier molecular flexibility index (Phi) is 7.49. The minimum atomic E-state index is -0.506. The number of carbonyl (C=O) groups is 2. The van der Waals surface area contributed by atoms with E-state index in [-0.39, 0.29) is 18.9 Å². The molecule has 0 radical (unpaired) electrons. The van der Waals surface area contributed by atoms with E-state index >= 15 is 0 Å². The Bertz CT molecular complexity index is 792. The lowest BCUT2D eigenvalue weighted by atomic mass is 9.97. The van der Waals surface area contributed by atoms with Gasteiger partial charge in [-0.2, -0.15) is 0 Å². The second kappa shape index (κ2) is 9.60. The molecular weight excluding hydrogens is 373 g/mol. The average molecular weight is 394 g/mol. The number of para-hydroxylation sites is 1. The zero-order valence-corrected chi connectivity index (χ0v) is 16.2. The molecular formula is C20H21Cl2NO3. The Hall–Kier alpha value is -2.04. The predicted octanol–water partition coefficient (Wildman–Crippen LogP) is 5.23. The highest BCUT2D eigenvalue weighted by Gasteiger charge is 2.13. The standard InChI is InChI=1S/C20H21Cl2NO3/c1-3-13(2)15-6-4-5-7-18(15)23-19(24)12-26-20(25)11-14-8-9-16(21)17(22)10-14/h4-10,13H,3,11-12H2,1-2H3,(H,23,24)/t13-/m0/s1. The third kappa shape index (κ3) is 5.75. The SMILES string of the molecule is CC[C@H](C)c1ccccc1NC(=O)COC(=O)Cc1ccc(Cl)c(Cl)c1. The van der Waals surface area contributed by atoms with Gasteiger partial charge in [0, 0.05) is 5.69 Å². The Balaban J connectivity index is 1.89. The molecule has 4 nitrogen and oxygen atoms in total. The fraction of sp³-hybridized carbons (Fsp3) is 0.300. The highest BCUT2D eigenvalue weighted by molar-refractivity contribution is 6.42. The van der Waals surface area contributed by atoms with E-state index in [0.29, 0.717) is 21.5 Å². The molecule has 0 bridgehead atoms. The average Bonchev–Trinajstić information content (AvgIpc) is 2.63. The molecule has 0 aliphatic carbocycles. The molecule has 1 amide bonds. The second-order valence-electron chi connectivity index (χ2n) is 6.03. The van der Waals surface area contributed by atoms with Crippen LogP contribution in [0, 0.1) is 0 Å². The van der Waals surface area contributed by atoms with E-state index in [1.54, 1.807) is 18.2 Å². The van der Waals surface area contributed by atoms with Crippen LogP contribution in [0.3, 0.4) is 0 Å². The van der Waals surface area contributed by atoms with E-state index < -0.39 is 5.97 Å². The minimum Gasteiger partial charge on any atom is -0.455 e. The zero-order valence-electron chi connectivity index (χ0n) is 14.7. The number of halogens is 2. The number of anilines is 1. The first-order valence-electron chi connectivity index (χ1n) is 8.39. The van der Waals surface area contributed by atoms with Crippen molar-refractivity contribution >= 4 is 40.8 Å². The van der Waals surface area contributed by atoms with Gasteiger partial charge in [-0.3, -0.25) is 9.59 Å². The summed E-state index contributed by atoms with van der Waals surface area (Å²) in [5.74, 6) is -0.555. The molecule has 1 atom stereocenters. The van der Waals surface area contributed by atoms with E-state index in [4.69, 9.17) is 27.9 Å². The van der Waals surface area contributed by atoms with Crippen molar-refractivity contribution in [3.63, 3.8) is 0 Å². The maximum atomic E-state index is 12.1. The Morgan fingerprint density at radius 3 is 2.54 bits per heavy atom. The summed E-state index contributed by atoms with van der Waals surface area (Å²) >= 11 is 11.8. The number of amides is 1. The maximum Gasteiger partial charge on any atom is 0.310 e. The molecule has 0 unspecified atom stereocenters. The molecule has 0 saturated carbocycles. The van der Waals surface area contributed by atoms with Crippen LogP contribution in [0.1, 0.15) is 37.3 Å². The van der Waals surface area contributed by atoms with Gasteiger partial charge in [-0.15, -0.1) is 0 Å². The number of ether oxygens (including phenoxy) is 1. The molecule has 0 fully saturated rings. The van der Waals surface area contributed by atoms with Crippen LogP contribution in [0.25, 0.3) is 0 Å². The molecule has 0 spiro atoms. The van der Waals surface area contributed by atoms with Crippen LogP contribution in [0.2, 0.25) is 10.0 Å². The Morgan fingerprint density at radius 1 is 1.12 bits per heavy atom. The Labute approximate surface area is 163 Å². The molecule has 138 valence electrons. The number of esters is 1. The molecule has 0 aliphatic heterocycles. The van der Waals surface area contributed by atoms with Gasteiger partial charge in [-0.1, -0.05) is 61.3 Å². The first kappa shape index (κ1) is 20.3. The molecule has 1 N–H and O–H groups in total. The highest BCUT2D eigenvalue weighted by Crippen LogP contribution is 2.26. The summed E-state index contributed by atoms with van der Waals surface area (Å²) in [6.45, 7) is 3.85. The van der Waals surface area contributed by atoms with E-state index in [1.807, 2.05) is 24.3 Å². The fourth-order valence-electron chi connectivity index (χ4n) is 2.46. The first-order chi connectivity index (χ1) is 12.4. The van der Waals surface area contributed by atoms with Gasteiger partial charge in [0.25, 0.3) is 5.91 Å². The van der Waals surface area contributed by atoms with E-state index in [2.05, 4.69) is 19.2 Å². The lowest BCUT2D eigenvalue weighted by Crippen LogP contribution is -2.22. The number of hydrogen-bond acceptors (Lipinski definition) is 3. The van der Waals surface area contributed by atoms with E-state index in [1.165, 1.54) is 0 Å². The zero-order chi connectivity index (χ0) is 19.1. The van der Waals surface area contributed by atoms with Crippen LogP contribution in [0.15, 0.2) is 42.5 Å². The van der Waals surface area contributed by atoms with Crippen molar-refractivity contribution in [3.05, 3.63) is 63.6 Å². The summed E-state index contributed by atoms with van der Waals surface area (Å²) in [7, 11) is 0. The number of hydrogen-bond donors (Lipinski definition) is 1. The van der Waals surface area contributed by atoms with Crippen LogP contribution >= 0.6 is 23.2 Å². The van der Waals surface area contributed by atoms with Gasteiger partial charge in [-0.25, -0.2) is 0 Å². The summed E-state index contributed by atoms with van der Waals surface area (Å²) < 4.78 is 5.05. The molecule has 26 heavy (non-hydrogen) atoms. The van der Waals surface area contributed by atoms with Crippen LogP contribution in [0.5, 0.6) is 0 Å². The van der Waals surface area contributed by atoms with Crippen molar-refractivity contribution < 1.29 is 14.3 Å². The predicted molar refractivity (Wildman–Crippen MR) is 105 cm³/mol. The van der Waals surface area contributed by atoms with Gasteiger partial charge in [0.05, 0.1) is 16.5 Å². The van der Waals surface area contributed by atoms with Crippen LogP contribution in [-0.2, 0) is 20.7 Å². The van der Waals surface area contributed by atoms with Crippen molar-refractivity contribution in [1.29, 1.82) is 0 Å². The second-order valence-corrected chi connectivity index (χ2v) is 6.85. The van der Waals surface area contributed by atoms with Gasteiger partial charge in [0.2, 0.25) is 0 Å². The number of rotatable bonds is 7. The lowest BCUT2D eigenvalue weighted by Gasteiger charge is -2.15. The molecule has 0 saturated heterocycles. The maximum absolute atomic E-state index is 12.1. The van der Waals surface area contributed by atoms with Crippen molar-refractivity contribution in [2.75, 3.05) is 11.9 Å². The van der Waals surface area contributed by atoms with Gasteiger partial charge in [-0.05, 0) is 41.7 Å². The number of carbonyl (C=O) groups excluding carboxylic acids is 2. The molecule has 0 aliphatic rings. The minimum absolute atomic E-state index is 0.0215. The first-order valence-corrected chi connectivity index (χ1v) is 9.14. The summed E-state index contributed by atoms with van der Waals surface area (Å²) in [5.41, 5.74) is 2.48. The van der Waals surface area contributed by atoms with Gasteiger partial charge >= 0.3 is 5.97 Å².